The van der Waals surface area contributed by atoms with Gasteiger partial charge in [0, 0.05) is 20.5 Å². The van der Waals surface area contributed by atoms with E-state index in [2.05, 4.69) is 31.2 Å². The fourth-order valence-corrected chi connectivity index (χ4v) is 1.23. The van der Waals surface area contributed by atoms with Gasteiger partial charge in [-0.25, -0.2) is 0 Å². The van der Waals surface area contributed by atoms with Crippen LogP contribution in [0.4, 0.5) is 0 Å². The Hall–Kier alpha value is -1.31. The van der Waals surface area contributed by atoms with E-state index in [0.717, 1.165) is 6.42 Å². The first kappa shape index (κ1) is 14.7. The number of amides is 1. The molecule has 16 heavy (non-hydrogen) atoms. The van der Waals surface area contributed by atoms with Crippen LogP contribution in [-0.2, 0) is 11.2 Å². The summed E-state index contributed by atoms with van der Waals surface area (Å²) in [5, 5.41) is 0. The first-order chi connectivity index (χ1) is 7.59. The number of carbonyl (C=O) groups excluding carboxylic acids is 1. The molecule has 0 aliphatic rings. The maximum atomic E-state index is 11.3. The topological polar surface area (TPSA) is 20.3 Å². The third-order valence-electron chi connectivity index (χ3n) is 2.25. The molecule has 0 atom stereocenters. The van der Waals surface area contributed by atoms with Crippen LogP contribution < -0.4 is 0 Å². The van der Waals surface area contributed by atoms with Gasteiger partial charge in [0.05, 0.1) is 0 Å². The number of benzene rings is 1. The molecule has 0 aliphatic carbocycles. The van der Waals surface area contributed by atoms with Crippen molar-refractivity contribution < 1.29 is 4.79 Å². The van der Waals surface area contributed by atoms with Gasteiger partial charge in [-0.3, -0.25) is 4.79 Å². The molecular weight excluding hydrogens is 198 g/mol. The average Bonchev–Trinajstić information content (AvgIpc) is 2.30. The van der Waals surface area contributed by atoms with E-state index in [1.165, 1.54) is 11.1 Å². The Bertz CT molecular complexity index is 301. The molecule has 0 aliphatic heterocycles. The van der Waals surface area contributed by atoms with Crippen molar-refractivity contribution in [3.05, 3.63) is 35.4 Å². The predicted molar refractivity (Wildman–Crippen MR) is 69.5 cm³/mol. The van der Waals surface area contributed by atoms with Crippen LogP contribution in [-0.4, -0.2) is 24.9 Å². The normalized spacial score (nSPS) is 9.06. The van der Waals surface area contributed by atoms with Crippen LogP contribution in [0.15, 0.2) is 24.3 Å². The fourth-order valence-electron chi connectivity index (χ4n) is 1.23. The molecule has 0 unspecified atom stereocenters. The van der Waals surface area contributed by atoms with Crippen LogP contribution in [0, 0.1) is 6.92 Å². The molecule has 0 radical (unpaired) electrons. The lowest BCUT2D eigenvalue weighted by molar-refractivity contribution is -0.128. The van der Waals surface area contributed by atoms with Gasteiger partial charge in [0.2, 0.25) is 5.91 Å². The molecule has 1 rings (SSSR count). The van der Waals surface area contributed by atoms with Crippen molar-refractivity contribution in [1.82, 2.24) is 4.90 Å². The molecule has 0 saturated heterocycles. The number of hydrogen-bond acceptors (Lipinski definition) is 1. The number of hydrogen-bond donors (Lipinski definition) is 0. The molecule has 0 saturated carbocycles. The van der Waals surface area contributed by atoms with Crippen LogP contribution in [0.5, 0.6) is 0 Å². The minimum atomic E-state index is 0.186. The van der Waals surface area contributed by atoms with E-state index in [0.29, 0.717) is 6.42 Å². The maximum absolute atomic E-state index is 11.3. The smallest absolute Gasteiger partial charge is 0.222 e. The molecule has 0 N–H and O–H groups in total. The van der Waals surface area contributed by atoms with Crippen molar-refractivity contribution in [1.29, 1.82) is 0 Å². The average molecular weight is 221 g/mol. The van der Waals surface area contributed by atoms with Crippen LogP contribution in [0.25, 0.3) is 0 Å². The summed E-state index contributed by atoms with van der Waals surface area (Å²) in [5.41, 5.74) is 2.48. The van der Waals surface area contributed by atoms with Crippen molar-refractivity contribution in [2.45, 2.75) is 33.6 Å². The Balaban J connectivity index is 0.00000106. The Morgan fingerprint density at radius 2 is 1.62 bits per heavy atom. The number of rotatable bonds is 3. The van der Waals surface area contributed by atoms with Gasteiger partial charge in [0.1, 0.15) is 0 Å². The summed E-state index contributed by atoms with van der Waals surface area (Å²) in [7, 11) is 3.58. The Kier molecular flexibility index (Phi) is 7.27. The Labute approximate surface area is 99.3 Å². The third-order valence-corrected chi connectivity index (χ3v) is 2.25. The Morgan fingerprint density at radius 3 is 2.06 bits per heavy atom. The lowest BCUT2D eigenvalue weighted by atomic mass is 10.1. The number of carbonyl (C=O) groups is 1. The largest absolute Gasteiger partial charge is 0.349 e. The lowest BCUT2D eigenvalue weighted by Crippen LogP contribution is -2.21. The highest BCUT2D eigenvalue weighted by molar-refractivity contribution is 5.75. The molecule has 2 nitrogen and oxygen atoms in total. The van der Waals surface area contributed by atoms with Crippen molar-refractivity contribution >= 4 is 5.91 Å². The van der Waals surface area contributed by atoms with Crippen molar-refractivity contribution in [3.63, 3.8) is 0 Å². The molecule has 1 aromatic carbocycles. The molecule has 1 aromatic rings. The summed E-state index contributed by atoms with van der Waals surface area (Å²) in [5.74, 6) is 0.186. The molecular formula is C14H23NO. The quantitative estimate of drug-likeness (QED) is 0.768. The standard InChI is InChI=1S/C12H17NO.C2H6/c1-10-4-6-11(7-5-10)8-9-12(14)13(2)3;1-2/h4-7H,8-9H2,1-3H3;1-2H3. The summed E-state index contributed by atoms with van der Waals surface area (Å²) < 4.78 is 0. The second-order valence-corrected chi connectivity index (χ2v) is 3.77. The summed E-state index contributed by atoms with van der Waals surface area (Å²) in [6, 6.07) is 8.32. The highest BCUT2D eigenvalue weighted by Crippen LogP contribution is 2.06. The van der Waals surface area contributed by atoms with E-state index in [1.807, 2.05) is 13.8 Å². The van der Waals surface area contributed by atoms with Gasteiger partial charge in [-0.05, 0) is 18.9 Å². The van der Waals surface area contributed by atoms with Crippen molar-refractivity contribution in [2.75, 3.05) is 14.1 Å². The summed E-state index contributed by atoms with van der Waals surface area (Å²) in [6.45, 7) is 6.06. The molecule has 0 aromatic heterocycles. The highest BCUT2D eigenvalue weighted by Gasteiger charge is 2.03. The highest BCUT2D eigenvalue weighted by atomic mass is 16.2. The van der Waals surface area contributed by atoms with Gasteiger partial charge in [-0.15, -0.1) is 0 Å². The molecule has 0 spiro atoms. The molecule has 0 bridgehead atoms. The van der Waals surface area contributed by atoms with Crippen LogP contribution in [0.1, 0.15) is 31.4 Å². The monoisotopic (exact) mass is 221 g/mol. The van der Waals surface area contributed by atoms with E-state index in [9.17, 15) is 4.79 Å². The van der Waals surface area contributed by atoms with Gasteiger partial charge in [-0.2, -0.15) is 0 Å². The van der Waals surface area contributed by atoms with Gasteiger partial charge in [0.25, 0.3) is 0 Å². The molecule has 0 fully saturated rings. The molecule has 1 amide bonds. The van der Waals surface area contributed by atoms with Crippen molar-refractivity contribution in [3.8, 4) is 0 Å². The zero-order valence-corrected chi connectivity index (χ0v) is 11.1. The first-order valence-electron chi connectivity index (χ1n) is 5.85. The predicted octanol–water partition coefficient (Wildman–Crippen LogP) is 3.04. The van der Waals surface area contributed by atoms with Crippen LogP contribution in [0.3, 0.4) is 0 Å². The fraction of sp³-hybridized carbons (Fsp3) is 0.500. The number of nitrogens with zero attached hydrogens (tertiary/aromatic N) is 1. The van der Waals surface area contributed by atoms with Crippen LogP contribution >= 0.6 is 0 Å². The van der Waals surface area contributed by atoms with E-state index < -0.39 is 0 Å². The molecule has 0 heterocycles. The zero-order valence-electron chi connectivity index (χ0n) is 11.1. The van der Waals surface area contributed by atoms with Crippen molar-refractivity contribution in [2.24, 2.45) is 0 Å². The third kappa shape index (κ3) is 5.54. The zero-order chi connectivity index (χ0) is 12.6. The van der Waals surface area contributed by atoms with E-state index >= 15 is 0 Å². The summed E-state index contributed by atoms with van der Waals surface area (Å²) >= 11 is 0. The SMILES string of the molecule is CC.Cc1ccc(CCC(=O)N(C)C)cc1. The molecule has 2 heteroatoms. The van der Waals surface area contributed by atoms with Gasteiger partial charge in [-0.1, -0.05) is 43.7 Å². The lowest BCUT2D eigenvalue weighted by Gasteiger charge is -2.09. The van der Waals surface area contributed by atoms with Gasteiger partial charge < -0.3 is 4.90 Å². The minimum Gasteiger partial charge on any atom is -0.349 e. The summed E-state index contributed by atoms with van der Waals surface area (Å²) in [6.07, 6.45) is 1.42. The van der Waals surface area contributed by atoms with E-state index in [4.69, 9.17) is 0 Å². The Morgan fingerprint density at radius 1 is 1.12 bits per heavy atom. The summed E-state index contributed by atoms with van der Waals surface area (Å²) in [4.78, 5) is 12.9. The van der Waals surface area contributed by atoms with E-state index in [-0.39, 0.29) is 5.91 Å². The van der Waals surface area contributed by atoms with Gasteiger partial charge in [0.15, 0.2) is 0 Å². The van der Waals surface area contributed by atoms with E-state index in [1.54, 1.807) is 19.0 Å². The minimum absolute atomic E-state index is 0.186. The number of aryl methyl sites for hydroxylation is 2. The van der Waals surface area contributed by atoms with Gasteiger partial charge >= 0.3 is 0 Å². The second kappa shape index (κ2) is 7.91. The maximum Gasteiger partial charge on any atom is 0.222 e. The van der Waals surface area contributed by atoms with Crippen LogP contribution in [0.2, 0.25) is 0 Å². The molecule has 90 valence electrons. The second-order valence-electron chi connectivity index (χ2n) is 3.77. The first-order valence-corrected chi connectivity index (χ1v) is 5.85.